The molecule has 2 aromatic heterocycles. The molecule has 1 atom stereocenters. The molecule has 0 aliphatic heterocycles. The number of ether oxygens (including phenoxy) is 1. The monoisotopic (exact) mass is 471 g/mol. The van der Waals surface area contributed by atoms with Gasteiger partial charge in [-0.2, -0.15) is 5.10 Å². The lowest BCUT2D eigenvalue weighted by Gasteiger charge is -2.17. The van der Waals surface area contributed by atoms with Crippen LogP contribution in [0.15, 0.2) is 41.3 Å². The second kappa shape index (κ2) is 9.49. The Balaban J connectivity index is 1.61. The van der Waals surface area contributed by atoms with E-state index < -0.39 is 0 Å². The molecule has 170 valence electrons. The summed E-state index contributed by atoms with van der Waals surface area (Å²) in [5.41, 5.74) is 4.36. The van der Waals surface area contributed by atoms with Crippen LogP contribution < -0.4 is 0 Å². The first-order valence-corrected chi connectivity index (χ1v) is 12.8. The van der Waals surface area contributed by atoms with Crippen LogP contribution in [0.3, 0.4) is 0 Å². The smallest absolute Gasteiger partial charge is 0.212 e. The van der Waals surface area contributed by atoms with Gasteiger partial charge in [-0.3, -0.25) is 0 Å². The summed E-state index contributed by atoms with van der Waals surface area (Å²) in [6.45, 7) is 8.60. The SMILES string of the molecule is COC1CCC=C(c2c(C)nc3sc(C(C)(C)C)nn23)C=C1SCCc1ccc(F)cc1. The minimum atomic E-state index is -0.193. The lowest BCUT2D eigenvalue weighted by atomic mass is 9.98. The lowest BCUT2D eigenvalue weighted by molar-refractivity contribution is 0.132. The van der Waals surface area contributed by atoms with Crippen LogP contribution in [-0.2, 0) is 16.6 Å². The van der Waals surface area contributed by atoms with Crippen molar-refractivity contribution in [3.63, 3.8) is 0 Å². The highest BCUT2D eigenvalue weighted by atomic mass is 32.2. The van der Waals surface area contributed by atoms with Crippen molar-refractivity contribution in [1.29, 1.82) is 0 Å². The van der Waals surface area contributed by atoms with Crippen molar-refractivity contribution in [3.05, 3.63) is 69.1 Å². The molecule has 1 aliphatic carbocycles. The molecule has 4 rings (SSSR count). The average Bonchev–Trinajstić information content (AvgIpc) is 3.20. The second-order valence-corrected chi connectivity index (χ2v) is 11.3. The van der Waals surface area contributed by atoms with Gasteiger partial charge in [0.15, 0.2) is 0 Å². The maximum Gasteiger partial charge on any atom is 0.212 e. The van der Waals surface area contributed by atoms with Crippen LogP contribution in [0, 0.1) is 12.7 Å². The highest BCUT2D eigenvalue weighted by Gasteiger charge is 2.25. The third-order valence-corrected chi connectivity index (χ3v) is 8.01. The predicted molar refractivity (Wildman–Crippen MR) is 133 cm³/mol. The number of nitrogens with zero attached hydrogens (tertiary/aromatic N) is 3. The van der Waals surface area contributed by atoms with Gasteiger partial charge in [-0.25, -0.2) is 13.9 Å². The van der Waals surface area contributed by atoms with Crippen LogP contribution in [0.2, 0.25) is 0 Å². The quantitative estimate of drug-likeness (QED) is 0.407. The van der Waals surface area contributed by atoms with Gasteiger partial charge < -0.3 is 4.74 Å². The minimum absolute atomic E-state index is 0.00722. The van der Waals surface area contributed by atoms with Gasteiger partial charge >= 0.3 is 0 Å². The van der Waals surface area contributed by atoms with Gasteiger partial charge in [0.25, 0.3) is 0 Å². The molecule has 1 unspecified atom stereocenters. The topological polar surface area (TPSA) is 39.4 Å². The molecule has 0 radical (unpaired) electrons. The molecule has 0 N–H and O–H groups in total. The molecule has 0 saturated heterocycles. The van der Waals surface area contributed by atoms with Crippen molar-refractivity contribution >= 4 is 33.6 Å². The first kappa shape index (κ1) is 23.2. The maximum atomic E-state index is 13.2. The number of halogens is 1. The molecule has 1 aromatic carbocycles. The van der Waals surface area contributed by atoms with E-state index in [2.05, 4.69) is 39.8 Å². The average molecular weight is 472 g/mol. The molecule has 3 aromatic rings. The first-order valence-electron chi connectivity index (χ1n) is 10.9. The van der Waals surface area contributed by atoms with Gasteiger partial charge in [0, 0.05) is 23.2 Å². The molecule has 7 heteroatoms. The molecule has 4 nitrogen and oxygen atoms in total. The van der Waals surface area contributed by atoms with E-state index in [1.807, 2.05) is 28.4 Å². The highest BCUT2D eigenvalue weighted by molar-refractivity contribution is 8.03. The summed E-state index contributed by atoms with van der Waals surface area (Å²) >= 11 is 3.48. The van der Waals surface area contributed by atoms with Crippen molar-refractivity contribution in [1.82, 2.24) is 14.6 Å². The number of allylic oxidation sites excluding steroid dienone is 3. The van der Waals surface area contributed by atoms with Crippen LogP contribution in [0.1, 0.15) is 55.6 Å². The summed E-state index contributed by atoms with van der Waals surface area (Å²) in [4.78, 5) is 6.97. The number of rotatable bonds is 6. The third-order valence-electron chi connectivity index (χ3n) is 5.56. The Hall–Kier alpha value is -1.96. The van der Waals surface area contributed by atoms with Crippen molar-refractivity contribution in [2.24, 2.45) is 0 Å². The normalized spacial score (nSPS) is 17.4. The van der Waals surface area contributed by atoms with Gasteiger partial charge in [0.2, 0.25) is 4.96 Å². The van der Waals surface area contributed by atoms with Crippen LogP contribution in [-0.4, -0.2) is 33.6 Å². The molecular formula is C25H30FN3OS2. The van der Waals surface area contributed by atoms with Gasteiger partial charge in [-0.15, -0.1) is 11.8 Å². The van der Waals surface area contributed by atoms with Crippen molar-refractivity contribution in [2.75, 3.05) is 12.9 Å². The number of fused-ring (bicyclic) bond motifs is 1. The number of imidazole rings is 1. The summed E-state index contributed by atoms with van der Waals surface area (Å²) in [6.07, 6.45) is 7.38. The standard InChI is InChI=1S/C25H30FN3OS2/c1-16-22(29-24(27-16)32-23(28-29)25(2,3)4)18-7-6-8-20(30-5)21(15-18)31-14-13-17-9-11-19(26)12-10-17/h7,9-12,15,20H,6,8,13-14H2,1-5H3. The number of aryl methyl sites for hydroxylation is 2. The molecule has 0 spiro atoms. The zero-order valence-electron chi connectivity index (χ0n) is 19.3. The fourth-order valence-corrected chi connectivity index (χ4v) is 5.98. The van der Waals surface area contributed by atoms with E-state index >= 15 is 0 Å². The Labute approximate surface area is 197 Å². The molecular weight excluding hydrogens is 441 g/mol. The van der Waals surface area contributed by atoms with E-state index in [9.17, 15) is 4.39 Å². The van der Waals surface area contributed by atoms with Gasteiger partial charge in [-0.1, -0.05) is 50.3 Å². The lowest BCUT2D eigenvalue weighted by Crippen LogP contribution is -2.12. The van der Waals surface area contributed by atoms with Crippen molar-refractivity contribution in [2.45, 2.75) is 58.5 Å². The number of hydrogen-bond donors (Lipinski definition) is 0. The zero-order valence-corrected chi connectivity index (χ0v) is 20.9. The molecule has 1 aliphatic rings. The molecule has 2 heterocycles. The number of aromatic nitrogens is 3. The van der Waals surface area contributed by atoms with Crippen LogP contribution in [0.5, 0.6) is 0 Å². The number of thioether (sulfide) groups is 1. The third kappa shape index (κ3) is 5.00. The van der Waals surface area contributed by atoms with E-state index in [0.717, 1.165) is 57.5 Å². The van der Waals surface area contributed by atoms with E-state index in [4.69, 9.17) is 14.8 Å². The molecule has 0 saturated carbocycles. The fraction of sp³-hybridized carbons (Fsp3) is 0.440. The van der Waals surface area contributed by atoms with Gasteiger partial charge in [-0.05, 0) is 55.5 Å². The highest BCUT2D eigenvalue weighted by Crippen LogP contribution is 2.36. The predicted octanol–water partition coefficient (Wildman–Crippen LogP) is 6.59. The second-order valence-electron chi connectivity index (χ2n) is 9.13. The Kier molecular flexibility index (Phi) is 6.89. The summed E-state index contributed by atoms with van der Waals surface area (Å²) in [6, 6.07) is 6.77. The number of benzene rings is 1. The Morgan fingerprint density at radius 1 is 1.25 bits per heavy atom. The summed E-state index contributed by atoms with van der Waals surface area (Å²) < 4.78 is 21.0. The van der Waals surface area contributed by atoms with Crippen LogP contribution in [0.4, 0.5) is 4.39 Å². The molecule has 32 heavy (non-hydrogen) atoms. The largest absolute Gasteiger partial charge is 0.376 e. The molecule has 0 fully saturated rings. The number of methoxy groups -OCH3 is 1. The minimum Gasteiger partial charge on any atom is -0.376 e. The van der Waals surface area contributed by atoms with Crippen LogP contribution >= 0.6 is 23.1 Å². The Bertz CT molecular complexity index is 1150. The van der Waals surface area contributed by atoms with Crippen LogP contribution in [0.25, 0.3) is 10.5 Å². The molecule has 0 bridgehead atoms. The van der Waals surface area contributed by atoms with E-state index in [0.29, 0.717) is 0 Å². The summed E-state index contributed by atoms with van der Waals surface area (Å²) in [5.74, 6) is 0.720. The van der Waals surface area contributed by atoms with E-state index in [-0.39, 0.29) is 17.3 Å². The first-order chi connectivity index (χ1) is 15.3. The van der Waals surface area contributed by atoms with E-state index in [1.165, 1.54) is 17.0 Å². The summed E-state index contributed by atoms with van der Waals surface area (Å²) in [5, 5.41) is 6.00. The molecule has 0 amide bonds. The number of hydrogen-bond acceptors (Lipinski definition) is 5. The fourth-order valence-electron chi connectivity index (χ4n) is 3.79. The van der Waals surface area contributed by atoms with Gasteiger partial charge in [0.1, 0.15) is 10.8 Å². The Morgan fingerprint density at radius 3 is 2.69 bits per heavy atom. The zero-order chi connectivity index (χ0) is 22.9. The van der Waals surface area contributed by atoms with Crippen molar-refractivity contribution < 1.29 is 9.13 Å². The Morgan fingerprint density at radius 2 is 2.00 bits per heavy atom. The van der Waals surface area contributed by atoms with E-state index in [1.54, 1.807) is 18.4 Å². The van der Waals surface area contributed by atoms with Gasteiger partial charge in [0.05, 0.1) is 17.5 Å². The van der Waals surface area contributed by atoms with Crippen molar-refractivity contribution in [3.8, 4) is 0 Å². The maximum absolute atomic E-state index is 13.2. The summed E-state index contributed by atoms with van der Waals surface area (Å²) in [7, 11) is 1.78.